The predicted octanol–water partition coefficient (Wildman–Crippen LogP) is 4.78. The van der Waals surface area contributed by atoms with E-state index in [1.54, 1.807) is 35.6 Å². The van der Waals surface area contributed by atoms with E-state index in [0.717, 1.165) is 16.9 Å². The van der Waals surface area contributed by atoms with Crippen molar-refractivity contribution in [2.45, 2.75) is 0 Å². The van der Waals surface area contributed by atoms with Gasteiger partial charge >= 0.3 is 0 Å². The number of aromatic nitrogens is 2. The average Bonchev–Trinajstić information content (AvgIpc) is 3.25. The van der Waals surface area contributed by atoms with Gasteiger partial charge in [0.15, 0.2) is 0 Å². The van der Waals surface area contributed by atoms with Crippen molar-refractivity contribution in [2.75, 3.05) is 16.4 Å². The molecule has 0 spiro atoms. The lowest BCUT2D eigenvalue weighted by atomic mass is 10.2. The Morgan fingerprint density at radius 2 is 1.68 bits per heavy atom. The predicted molar refractivity (Wildman–Crippen MR) is 114 cm³/mol. The molecule has 28 heavy (non-hydrogen) atoms. The van der Waals surface area contributed by atoms with Gasteiger partial charge in [0, 0.05) is 39.6 Å². The number of thiophene rings is 1. The lowest BCUT2D eigenvalue weighted by Crippen LogP contribution is -2.11. The molecule has 0 aliphatic rings. The second-order valence-electron chi connectivity index (χ2n) is 6.08. The lowest BCUT2D eigenvalue weighted by Gasteiger charge is -2.09. The monoisotopic (exact) mass is 387 g/mol. The number of nitrogen functional groups attached to an aromatic ring is 1. The number of nitrogens with two attached hydrogens (primary N) is 1. The van der Waals surface area contributed by atoms with Crippen LogP contribution < -0.4 is 16.4 Å². The van der Waals surface area contributed by atoms with Crippen LogP contribution in [-0.4, -0.2) is 15.9 Å². The summed E-state index contributed by atoms with van der Waals surface area (Å²) in [5.74, 6) is 0.520. The first-order chi connectivity index (χ1) is 13.7. The number of hydrogen-bond donors (Lipinski definition) is 3. The fourth-order valence-electron chi connectivity index (χ4n) is 2.62. The quantitative estimate of drug-likeness (QED) is 0.428. The Bertz CT molecular complexity index is 1080. The molecule has 7 heteroatoms. The molecule has 0 unspecified atom stereocenters. The van der Waals surface area contributed by atoms with Crippen molar-refractivity contribution in [1.82, 2.24) is 9.97 Å². The Morgan fingerprint density at radius 1 is 0.929 bits per heavy atom. The second-order valence-corrected chi connectivity index (χ2v) is 6.86. The van der Waals surface area contributed by atoms with Crippen LogP contribution in [0.25, 0.3) is 11.3 Å². The van der Waals surface area contributed by atoms with Gasteiger partial charge < -0.3 is 16.4 Å². The summed E-state index contributed by atoms with van der Waals surface area (Å²) in [5.41, 5.74) is 10.3. The van der Waals surface area contributed by atoms with Gasteiger partial charge in [0.05, 0.1) is 5.69 Å². The van der Waals surface area contributed by atoms with Crippen LogP contribution in [0.4, 0.5) is 22.9 Å². The Hall–Kier alpha value is -3.71. The molecule has 0 aliphatic heterocycles. The molecule has 2 heterocycles. The topological polar surface area (TPSA) is 92.9 Å². The molecule has 138 valence electrons. The van der Waals surface area contributed by atoms with Gasteiger partial charge in [-0.1, -0.05) is 0 Å². The van der Waals surface area contributed by atoms with Crippen molar-refractivity contribution >= 4 is 40.1 Å². The highest BCUT2D eigenvalue weighted by atomic mass is 32.1. The summed E-state index contributed by atoms with van der Waals surface area (Å²) in [4.78, 5) is 20.8. The molecule has 0 aliphatic carbocycles. The number of benzene rings is 2. The van der Waals surface area contributed by atoms with Crippen LogP contribution in [0.5, 0.6) is 0 Å². The summed E-state index contributed by atoms with van der Waals surface area (Å²) in [6.07, 6.45) is 1.54. The third-order valence-corrected chi connectivity index (χ3v) is 4.76. The summed E-state index contributed by atoms with van der Waals surface area (Å²) in [5, 5.41) is 10.2. The lowest BCUT2D eigenvalue weighted by molar-refractivity contribution is 0.102. The number of carbonyl (C=O) groups excluding carboxylic acids is 1. The number of carbonyl (C=O) groups is 1. The number of nitrogens with zero attached hydrogens (tertiary/aromatic N) is 2. The highest BCUT2D eigenvalue weighted by molar-refractivity contribution is 7.08. The maximum Gasteiger partial charge on any atom is 0.255 e. The van der Waals surface area contributed by atoms with E-state index in [9.17, 15) is 4.79 Å². The van der Waals surface area contributed by atoms with Gasteiger partial charge in [-0.2, -0.15) is 11.3 Å². The fourth-order valence-corrected chi connectivity index (χ4v) is 3.27. The van der Waals surface area contributed by atoms with Crippen LogP contribution >= 0.6 is 11.3 Å². The highest BCUT2D eigenvalue weighted by Gasteiger charge is 2.06. The molecule has 0 fully saturated rings. The van der Waals surface area contributed by atoms with Gasteiger partial charge in [-0.3, -0.25) is 4.79 Å². The molecule has 2 aromatic heterocycles. The maximum absolute atomic E-state index is 12.3. The van der Waals surface area contributed by atoms with Crippen molar-refractivity contribution in [3.8, 4) is 11.3 Å². The van der Waals surface area contributed by atoms with Gasteiger partial charge in [0.25, 0.3) is 5.91 Å². The molecule has 2 aromatic carbocycles. The van der Waals surface area contributed by atoms with Gasteiger partial charge in [-0.05, 0) is 60.0 Å². The largest absolute Gasteiger partial charge is 0.399 e. The third-order valence-electron chi connectivity index (χ3n) is 4.07. The summed E-state index contributed by atoms with van der Waals surface area (Å²) in [6.45, 7) is 0. The highest BCUT2D eigenvalue weighted by Crippen LogP contribution is 2.23. The Balaban J connectivity index is 1.43. The summed E-state index contributed by atoms with van der Waals surface area (Å²) in [7, 11) is 0. The minimum atomic E-state index is -0.183. The van der Waals surface area contributed by atoms with Crippen molar-refractivity contribution in [2.24, 2.45) is 0 Å². The first kappa shape index (κ1) is 17.7. The molecule has 1 amide bonds. The Kier molecular flexibility index (Phi) is 4.99. The number of nitrogens with one attached hydrogen (secondary N) is 2. The van der Waals surface area contributed by atoms with Gasteiger partial charge in [-0.25, -0.2) is 9.97 Å². The zero-order valence-corrected chi connectivity index (χ0v) is 15.6. The smallest absolute Gasteiger partial charge is 0.255 e. The zero-order chi connectivity index (χ0) is 19.3. The van der Waals surface area contributed by atoms with E-state index in [0.29, 0.717) is 22.8 Å². The van der Waals surface area contributed by atoms with E-state index in [4.69, 9.17) is 5.73 Å². The minimum Gasteiger partial charge on any atom is -0.399 e. The number of amides is 1. The van der Waals surface area contributed by atoms with Gasteiger partial charge in [0.2, 0.25) is 0 Å². The summed E-state index contributed by atoms with van der Waals surface area (Å²) < 4.78 is 0. The molecule has 0 saturated heterocycles. The second kappa shape index (κ2) is 7.89. The van der Waals surface area contributed by atoms with Crippen molar-refractivity contribution in [3.05, 3.63) is 83.3 Å². The van der Waals surface area contributed by atoms with Gasteiger partial charge in [0.1, 0.15) is 12.1 Å². The molecule has 0 saturated carbocycles. The zero-order valence-electron chi connectivity index (χ0n) is 14.8. The minimum absolute atomic E-state index is 0.183. The fraction of sp³-hybridized carbons (Fsp3) is 0. The first-order valence-electron chi connectivity index (χ1n) is 8.56. The molecule has 0 bridgehead atoms. The van der Waals surface area contributed by atoms with Crippen LogP contribution in [0, 0.1) is 0 Å². The molecule has 0 atom stereocenters. The molecule has 0 radical (unpaired) electrons. The Labute approximate surface area is 166 Å². The van der Waals surface area contributed by atoms with E-state index in [1.807, 2.05) is 47.2 Å². The average molecular weight is 387 g/mol. The van der Waals surface area contributed by atoms with E-state index in [2.05, 4.69) is 20.6 Å². The molecular formula is C21H17N5OS. The van der Waals surface area contributed by atoms with Crippen molar-refractivity contribution in [1.29, 1.82) is 0 Å². The van der Waals surface area contributed by atoms with E-state index in [-0.39, 0.29) is 5.91 Å². The molecule has 4 aromatic rings. The molecule has 4 N–H and O–H groups in total. The number of anilines is 4. The van der Waals surface area contributed by atoms with Crippen molar-refractivity contribution < 1.29 is 4.79 Å². The van der Waals surface area contributed by atoms with E-state index >= 15 is 0 Å². The van der Waals surface area contributed by atoms with E-state index in [1.165, 1.54) is 6.33 Å². The van der Waals surface area contributed by atoms with Gasteiger partial charge in [-0.15, -0.1) is 0 Å². The standard InChI is InChI=1S/C21H17N5OS/c22-16-3-1-14(2-4-16)21(27)26-18-7-5-17(6-8-18)25-20-11-19(23-13-24-20)15-9-10-28-12-15/h1-13H,22H2,(H,26,27)(H,23,24,25). The molecular weight excluding hydrogens is 370 g/mol. The first-order valence-corrected chi connectivity index (χ1v) is 9.50. The van der Waals surface area contributed by atoms with Crippen LogP contribution in [0.1, 0.15) is 10.4 Å². The number of hydrogen-bond acceptors (Lipinski definition) is 6. The molecule has 6 nitrogen and oxygen atoms in total. The molecule has 4 rings (SSSR count). The van der Waals surface area contributed by atoms with Crippen LogP contribution in [-0.2, 0) is 0 Å². The normalized spacial score (nSPS) is 10.4. The maximum atomic E-state index is 12.3. The van der Waals surface area contributed by atoms with Crippen LogP contribution in [0.2, 0.25) is 0 Å². The van der Waals surface area contributed by atoms with E-state index < -0.39 is 0 Å². The van der Waals surface area contributed by atoms with Crippen LogP contribution in [0.15, 0.2) is 77.8 Å². The Morgan fingerprint density at radius 3 is 2.39 bits per heavy atom. The van der Waals surface area contributed by atoms with Crippen molar-refractivity contribution in [3.63, 3.8) is 0 Å². The third kappa shape index (κ3) is 4.16. The summed E-state index contributed by atoms with van der Waals surface area (Å²) in [6, 6.07) is 18.1. The summed E-state index contributed by atoms with van der Waals surface area (Å²) >= 11 is 1.63. The SMILES string of the molecule is Nc1ccc(C(=O)Nc2ccc(Nc3cc(-c4ccsc4)ncn3)cc2)cc1. The van der Waals surface area contributed by atoms with Crippen LogP contribution in [0.3, 0.4) is 0 Å². The number of rotatable bonds is 5.